The predicted molar refractivity (Wildman–Crippen MR) is 67.4 cm³/mol. The van der Waals surface area contributed by atoms with Gasteiger partial charge in [0.25, 0.3) is 5.91 Å². The summed E-state index contributed by atoms with van der Waals surface area (Å²) < 4.78 is 0. The Morgan fingerprint density at radius 2 is 2.12 bits per heavy atom. The van der Waals surface area contributed by atoms with Gasteiger partial charge in [-0.25, -0.2) is 0 Å². The van der Waals surface area contributed by atoms with Crippen LogP contribution in [0.2, 0.25) is 0 Å². The molecule has 0 unspecified atom stereocenters. The van der Waals surface area contributed by atoms with Crippen LogP contribution in [-0.2, 0) is 0 Å². The minimum absolute atomic E-state index is 0.00215. The highest BCUT2D eigenvalue weighted by Crippen LogP contribution is 2.23. The topological polar surface area (TPSA) is 72.2 Å². The van der Waals surface area contributed by atoms with E-state index in [4.69, 9.17) is 0 Å². The van der Waals surface area contributed by atoms with E-state index < -0.39 is 4.92 Å². The van der Waals surface area contributed by atoms with Gasteiger partial charge < -0.3 is 5.32 Å². The van der Waals surface area contributed by atoms with E-state index in [0.29, 0.717) is 17.3 Å². The number of hydrogen-bond acceptors (Lipinski definition) is 4. The molecule has 1 N–H and O–H groups in total. The third kappa shape index (κ3) is 3.81. The number of amides is 1. The Kier molecular flexibility index (Phi) is 5.09. The minimum Gasteiger partial charge on any atom is -0.351 e. The summed E-state index contributed by atoms with van der Waals surface area (Å²) in [7, 11) is 0. The summed E-state index contributed by atoms with van der Waals surface area (Å²) in [6.07, 6.45) is 2.03. The molecule has 6 heteroatoms. The Morgan fingerprint density at radius 3 is 2.59 bits per heavy atom. The molecule has 94 valence electrons. The number of rotatable bonds is 6. The Morgan fingerprint density at radius 1 is 1.47 bits per heavy atom. The molecule has 17 heavy (non-hydrogen) atoms. The molecular weight excluding hydrogens is 240 g/mol. The zero-order valence-electron chi connectivity index (χ0n) is 9.93. The van der Waals surface area contributed by atoms with E-state index in [0.717, 1.165) is 24.2 Å². The number of nitrogens with one attached hydrogen (secondary N) is 1. The molecular formula is C11H16N2O3S. The monoisotopic (exact) mass is 256 g/mol. The van der Waals surface area contributed by atoms with Crippen molar-refractivity contribution in [3.8, 4) is 0 Å². The number of hydrogen-bond donors (Lipinski definition) is 1. The van der Waals surface area contributed by atoms with Crippen molar-refractivity contribution in [1.82, 2.24) is 5.32 Å². The molecule has 1 rings (SSSR count). The molecule has 5 nitrogen and oxygen atoms in total. The summed E-state index contributed by atoms with van der Waals surface area (Å²) in [4.78, 5) is 22.1. The zero-order chi connectivity index (χ0) is 12.8. The van der Waals surface area contributed by atoms with Gasteiger partial charge in [0.05, 0.1) is 9.80 Å². The van der Waals surface area contributed by atoms with E-state index in [1.165, 1.54) is 12.1 Å². The first-order valence-corrected chi connectivity index (χ1v) is 6.42. The smallest absolute Gasteiger partial charge is 0.324 e. The van der Waals surface area contributed by atoms with Crippen LogP contribution in [0.5, 0.6) is 0 Å². The van der Waals surface area contributed by atoms with Crippen LogP contribution < -0.4 is 5.32 Å². The van der Waals surface area contributed by atoms with Crippen molar-refractivity contribution in [3.05, 3.63) is 27.1 Å². The summed E-state index contributed by atoms with van der Waals surface area (Å²) >= 11 is 0.905. The van der Waals surface area contributed by atoms with Crippen LogP contribution in [0.1, 0.15) is 36.4 Å². The van der Waals surface area contributed by atoms with Crippen LogP contribution in [0.15, 0.2) is 12.1 Å². The summed E-state index contributed by atoms with van der Waals surface area (Å²) in [6, 6.07) is 2.85. The average molecular weight is 256 g/mol. The minimum atomic E-state index is -0.484. The van der Waals surface area contributed by atoms with Crippen LogP contribution in [-0.4, -0.2) is 17.4 Å². The van der Waals surface area contributed by atoms with Crippen LogP contribution in [0.4, 0.5) is 5.00 Å². The lowest BCUT2D eigenvalue weighted by Crippen LogP contribution is -2.28. The number of thiophene rings is 1. The highest BCUT2D eigenvalue weighted by Gasteiger charge is 2.15. The van der Waals surface area contributed by atoms with Crippen molar-refractivity contribution >= 4 is 22.2 Å². The molecule has 0 aliphatic carbocycles. The zero-order valence-corrected chi connectivity index (χ0v) is 10.8. The first kappa shape index (κ1) is 13.6. The number of nitro groups is 1. The highest BCUT2D eigenvalue weighted by atomic mass is 32.1. The predicted octanol–water partition coefficient (Wildman–Crippen LogP) is 2.82. The Labute approximate surface area is 104 Å². The van der Waals surface area contributed by atoms with Crippen LogP contribution >= 0.6 is 11.3 Å². The van der Waals surface area contributed by atoms with Gasteiger partial charge >= 0.3 is 5.00 Å². The lowest BCUT2D eigenvalue weighted by Gasteiger charge is -2.12. The highest BCUT2D eigenvalue weighted by molar-refractivity contribution is 7.17. The second-order valence-electron chi connectivity index (χ2n) is 3.79. The van der Waals surface area contributed by atoms with Gasteiger partial charge in [-0.05, 0) is 12.0 Å². The normalized spacial score (nSPS) is 10.5. The van der Waals surface area contributed by atoms with Crippen LogP contribution in [0.3, 0.4) is 0 Å². The third-order valence-corrected chi connectivity index (χ3v) is 3.74. The molecule has 1 heterocycles. The van der Waals surface area contributed by atoms with E-state index >= 15 is 0 Å². The van der Waals surface area contributed by atoms with Crippen molar-refractivity contribution in [2.24, 2.45) is 5.92 Å². The van der Waals surface area contributed by atoms with Crippen molar-refractivity contribution in [2.75, 3.05) is 6.54 Å². The Hall–Kier alpha value is -1.43. The van der Waals surface area contributed by atoms with Gasteiger partial charge in [-0.2, -0.15) is 0 Å². The molecule has 0 aliphatic rings. The van der Waals surface area contributed by atoms with Crippen molar-refractivity contribution in [2.45, 2.75) is 26.7 Å². The first-order chi connectivity index (χ1) is 8.08. The summed E-state index contributed by atoms with van der Waals surface area (Å²) in [6.45, 7) is 4.78. The molecule has 1 aromatic rings. The SMILES string of the molecule is CCC(CC)CNC(=O)c1ccc([N+](=O)[O-])s1. The molecule has 0 aromatic carbocycles. The molecule has 0 radical (unpaired) electrons. The molecule has 0 bridgehead atoms. The maximum Gasteiger partial charge on any atom is 0.324 e. The van der Waals surface area contributed by atoms with Gasteiger partial charge in [-0.3, -0.25) is 14.9 Å². The largest absolute Gasteiger partial charge is 0.351 e. The molecule has 0 aliphatic heterocycles. The average Bonchev–Trinajstić information content (AvgIpc) is 2.79. The molecule has 0 atom stereocenters. The molecule has 1 aromatic heterocycles. The van der Waals surface area contributed by atoms with E-state index in [9.17, 15) is 14.9 Å². The lowest BCUT2D eigenvalue weighted by molar-refractivity contribution is -0.380. The molecule has 0 fully saturated rings. The van der Waals surface area contributed by atoms with Crippen LogP contribution in [0, 0.1) is 16.0 Å². The second kappa shape index (κ2) is 6.34. The molecule has 0 saturated carbocycles. The maximum atomic E-state index is 11.7. The second-order valence-corrected chi connectivity index (χ2v) is 4.85. The van der Waals surface area contributed by atoms with Crippen molar-refractivity contribution in [1.29, 1.82) is 0 Å². The van der Waals surface area contributed by atoms with E-state index in [1.807, 2.05) is 0 Å². The number of carbonyl (C=O) groups excluding carboxylic acids is 1. The van der Waals surface area contributed by atoms with Crippen molar-refractivity contribution in [3.63, 3.8) is 0 Å². The standard InChI is InChI=1S/C11H16N2O3S/c1-3-8(4-2)7-12-11(14)9-5-6-10(17-9)13(15)16/h5-6,8H,3-4,7H2,1-2H3,(H,12,14). The van der Waals surface area contributed by atoms with Crippen LogP contribution in [0.25, 0.3) is 0 Å². The van der Waals surface area contributed by atoms with Gasteiger partial charge in [0.2, 0.25) is 0 Å². The van der Waals surface area contributed by atoms with Gasteiger partial charge in [0.15, 0.2) is 0 Å². The first-order valence-electron chi connectivity index (χ1n) is 5.60. The van der Waals surface area contributed by atoms with E-state index in [-0.39, 0.29) is 10.9 Å². The Bertz CT molecular complexity index is 399. The number of nitrogens with zero attached hydrogens (tertiary/aromatic N) is 1. The summed E-state index contributed by atoms with van der Waals surface area (Å²) in [5, 5.41) is 13.3. The molecule has 1 amide bonds. The van der Waals surface area contributed by atoms with Gasteiger partial charge in [0.1, 0.15) is 0 Å². The molecule has 0 spiro atoms. The van der Waals surface area contributed by atoms with E-state index in [2.05, 4.69) is 19.2 Å². The third-order valence-electron chi connectivity index (χ3n) is 2.70. The fourth-order valence-electron chi connectivity index (χ4n) is 1.45. The maximum absolute atomic E-state index is 11.7. The summed E-state index contributed by atoms with van der Waals surface area (Å²) in [5.74, 6) is 0.240. The summed E-state index contributed by atoms with van der Waals surface area (Å²) in [5.41, 5.74) is 0. The quantitative estimate of drug-likeness (QED) is 0.628. The molecule has 0 saturated heterocycles. The van der Waals surface area contributed by atoms with Gasteiger partial charge in [-0.1, -0.05) is 38.0 Å². The number of carbonyl (C=O) groups is 1. The van der Waals surface area contributed by atoms with Crippen molar-refractivity contribution < 1.29 is 9.72 Å². The van der Waals surface area contributed by atoms with Gasteiger partial charge in [0, 0.05) is 12.6 Å². The van der Waals surface area contributed by atoms with Gasteiger partial charge in [-0.15, -0.1) is 0 Å². The lowest BCUT2D eigenvalue weighted by atomic mass is 10.0. The van der Waals surface area contributed by atoms with E-state index in [1.54, 1.807) is 0 Å². The fraction of sp³-hybridized carbons (Fsp3) is 0.545. The Balaban J connectivity index is 2.54. The fourth-order valence-corrected chi connectivity index (χ4v) is 2.19.